The average molecular weight is 498 g/mol. The van der Waals surface area contributed by atoms with E-state index in [4.69, 9.17) is 4.98 Å². The van der Waals surface area contributed by atoms with Crippen molar-refractivity contribution in [3.63, 3.8) is 0 Å². The van der Waals surface area contributed by atoms with Crippen LogP contribution in [0.15, 0.2) is 42.6 Å². The number of rotatable bonds is 7. The van der Waals surface area contributed by atoms with Crippen LogP contribution in [-0.2, 0) is 10.0 Å². The quantitative estimate of drug-likeness (QED) is 0.357. The van der Waals surface area contributed by atoms with Gasteiger partial charge in [0.1, 0.15) is 0 Å². The Kier molecular flexibility index (Phi) is 6.46. The van der Waals surface area contributed by atoms with Crippen molar-refractivity contribution in [3.8, 4) is 11.3 Å². The van der Waals surface area contributed by atoms with Crippen LogP contribution in [0.1, 0.15) is 46.9 Å². The van der Waals surface area contributed by atoms with Crippen molar-refractivity contribution in [2.24, 2.45) is 0 Å². The summed E-state index contributed by atoms with van der Waals surface area (Å²) in [6, 6.07) is 10.5. The molecule has 0 aliphatic carbocycles. The molecule has 8 nitrogen and oxygen atoms in total. The molecule has 4 aromatic rings. The minimum Gasteiger partial charge on any atom is -0.322 e. The largest absolute Gasteiger partial charge is 0.322 e. The van der Waals surface area contributed by atoms with Crippen LogP contribution in [0.25, 0.3) is 22.3 Å². The molecule has 0 atom stereocenters. The monoisotopic (exact) mass is 497 g/mol. The Morgan fingerprint density at radius 3 is 2.38 bits per heavy atom. The number of hydrogen-bond donors (Lipinski definition) is 2. The topological polar surface area (TPSA) is 106 Å². The van der Waals surface area contributed by atoms with Crippen LogP contribution < -0.4 is 10.0 Å². The molecule has 34 heavy (non-hydrogen) atoms. The number of aromatic nitrogens is 3. The molecular weight excluding hydrogens is 470 g/mol. The normalized spacial score (nSPS) is 11.8. The highest BCUT2D eigenvalue weighted by atomic mass is 32.2. The first-order valence-corrected chi connectivity index (χ1v) is 13.4. The van der Waals surface area contributed by atoms with E-state index in [1.165, 1.54) is 4.88 Å². The summed E-state index contributed by atoms with van der Waals surface area (Å²) in [7, 11) is -3.37. The van der Waals surface area contributed by atoms with E-state index in [0.717, 1.165) is 16.1 Å². The predicted octanol–water partition coefficient (Wildman–Crippen LogP) is 5.37. The SMILES string of the molecule is CCS(=O)(=O)Nc1ccc(NC(=O)c2cc(-c3cc(C)sc3C)nc3c2cnn3C(C)C)cc1. The molecule has 0 aliphatic rings. The summed E-state index contributed by atoms with van der Waals surface area (Å²) in [5.74, 6) is -0.303. The summed E-state index contributed by atoms with van der Waals surface area (Å²) in [6.45, 7) is 9.72. The second-order valence-corrected chi connectivity index (χ2v) is 11.8. The summed E-state index contributed by atoms with van der Waals surface area (Å²) < 4.78 is 27.9. The van der Waals surface area contributed by atoms with Gasteiger partial charge in [0.2, 0.25) is 10.0 Å². The van der Waals surface area contributed by atoms with Gasteiger partial charge in [0.25, 0.3) is 5.91 Å². The number of pyridine rings is 1. The van der Waals surface area contributed by atoms with Gasteiger partial charge in [-0.05, 0) is 71.0 Å². The molecule has 1 aromatic carbocycles. The molecule has 0 bridgehead atoms. The van der Waals surface area contributed by atoms with Crippen molar-refractivity contribution in [1.29, 1.82) is 0 Å². The number of anilines is 2. The Balaban J connectivity index is 1.71. The molecule has 1 amide bonds. The number of amides is 1. The molecule has 2 N–H and O–H groups in total. The van der Waals surface area contributed by atoms with Gasteiger partial charge in [-0.15, -0.1) is 11.3 Å². The van der Waals surface area contributed by atoms with E-state index in [-0.39, 0.29) is 17.7 Å². The van der Waals surface area contributed by atoms with Gasteiger partial charge in [-0.1, -0.05) is 0 Å². The Bertz CT molecular complexity index is 1470. The number of hydrogen-bond acceptors (Lipinski definition) is 6. The number of carbonyl (C=O) groups is 1. The van der Waals surface area contributed by atoms with E-state index < -0.39 is 10.0 Å². The lowest BCUT2D eigenvalue weighted by Gasteiger charge is -2.12. The van der Waals surface area contributed by atoms with Gasteiger partial charge >= 0.3 is 0 Å². The van der Waals surface area contributed by atoms with E-state index in [1.807, 2.05) is 31.5 Å². The zero-order valence-corrected chi connectivity index (χ0v) is 21.3. The number of fused-ring (bicyclic) bond motifs is 1. The van der Waals surface area contributed by atoms with Crippen LogP contribution in [0.4, 0.5) is 11.4 Å². The molecule has 3 aromatic heterocycles. The zero-order valence-electron chi connectivity index (χ0n) is 19.7. The number of sulfonamides is 1. The number of nitrogens with one attached hydrogen (secondary N) is 2. The molecule has 0 fully saturated rings. The summed E-state index contributed by atoms with van der Waals surface area (Å²) in [4.78, 5) is 20.5. The Labute approximate surface area is 203 Å². The van der Waals surface area contributed by atoms with Crippen LogP contribution in [0, 0.1) is 13.8 Å². The van der Waals surface area contributed by atoms with Gasteiger partial charge in [-0.25, -0.2) is 18.1 Å². The summed E-state index contributed by atoms with van der Waals surface area (Å²) in [5.41, 5.74) is 3.86. The fourth-order valence-corrected chi connectivity index (χ4v) is 5.25. The highest BCUT2D eigenvalue weighted by Crippen LogP contribution is 2.33. The zero-order chi connectivity index (χ0) is 24.6. The van der Waals surface area contributed by atoms with Crippen LogP contribution in [-0.4, -0.2) is 34.8 Å². The molecule has 4 rings (SSSR count). The van der Waals surface area contributed by atoms with Crippen molar-refractivity contribution in [1.82, 2.24) is 14.8 Å². The van der Waals surface area contributed by atoms with E-state index in [0.29, 0.717) is 28.0 Å². The lowest BCUT2D eigenvalue weighted by molar-refractivity contribution is 0.102. The van der Waals surface area contributed by atoms with Crippen molar-refractivity contribution in [2.75, 3.05) is 15.8 Å². The lowest BCUT2D eigenvalue weighted by atomic mass is 10.1. The summed E-state index contributed by atoms with van der Waals surface area (Å²) in [5, 5.41) is 8.06. The van der Waals surface area contributed by atoms with Crippen LogP contribution >= 0.6 is 11.3 Å². The van der Waals surface area contributed by atoms with Crippen molar-refractivity contribution < 1.29 is 13.2 Å². The molecule has 0 saturated heterocycles. The second kappa shape index (κ2) is 9.19. The average Bonchev–Trinajstić information content (AvgIpc) is 3.36. The van der Waals surface area contributed by atoms with E-state index in [9.17, 15) is 13.2 Å². The van der Waals surface area contributed by atoms with Gasteiger partial charge in [0.15, 0.2) is 5.65 Å². The molecule has 0 unspecified atom stereocenters. The number of benzene rings is 1. The summed E-state index contributed by atoms with van der Waals surface area (Å²) >= 11 is 1.69. The molecule has 0 radical (unpaired) electrons. The van der Waals surface area contributed by atoms with Gasteiger partial charge in [-0.3, -0.25) is 9.52 Å². The number of aryl methyl sites for hydroxylation is 2. The van der Waals surface area contributed by atoms with Gasteiger partial charge < -0.3 is 5.32 Å². The van der Waals surface area contributed by atoms with Crippen molar-refractivity contribution >= 4 is 49.7 Å². The lowest BCUT2D eigenvalue weighted by Crippen LogP contribution is -2.15. The molecule has 178 valence electrons. The maximum atomic E-state index is 13.4. The molecule has 10 heteroatoms. The third-order valence-electron chi connectivity index (χ3n) is 5.41. The van der Waals surface area contributed by atoms with E-state index in [1.54, 1.807) is 48.7 Å². The predicted molar refractivity (Wildman–Crippen MR) is 138 cm³/mol. The number of thiophene rings is 1. The molecule has 3 heterocycles. The maximum Gasteiger partial charge on any atom is 0.256 e. The van der Waals surface area contributed by atoms with Crippen molar-refractivity contribution in [2.45, 2.75) is 40.7 Å². The third kappa shape index (κ3) is 4.83. The fraction of sp³-hybridized carbons (Fsp3) is 0.292. The van der Waals surface area contributed by atoms with Gasteiger partial charge in [0.05, 0.1) is 28.6 Å². The first-order valence-electron chi connectivity index (χ1n) is 11.0. The Hall–Kier alpha value is -3.24. The maximum absolute atomic E-state index is 13.4. The first kappa shape index (κ1) is 23.9. The van der Waals surface area contributed by atoms with Crippen LogP contribution in [0.2, 0.25) is 0 Å². The number of nitrogens with zero attached hydrogens (tertiary/aromatic N) is 3. The second-order valence-electron chi connectivity index (χ2n) is 8.34. The highest BCUT2D eigenvalue weighted by Gasteiger charge is 2.20. The van der Waals surface area contributed by atoms with E-state index in [2.05, 4.69) is 28.1 Å². The minimum atomic E-state index is -3.37. The molecule has 0 spiro atoms. The highest BCUT2D eigenvalue weighted by molar-refractivity contribution is 7.92. The van der Waals surface area contributed by atoms with Crippen LogP contribution in [0.3, 0.4) is 0 Å². The fourth-order valence-electron chi connectivity index (χ4n) is 3.68. The van der Waals surface area contributed by atoms with E-state index >= 15 is 0 Å². The Morgan fingerprint density at radius 2 is 1.79 bits per heavy atom. The van der Waals surface area contributed by atoms with Gasteiger partial charge in [0, 0.05) is 32.7 Å². The molecule has 0 aliphatic heterocycles. The van der Waals surface area contributed by atoms with Crippen LogP contribution in [0.5, 0.6) is 0 Å². The first-order chi connectivity index (χ1) is 16.1. The standard InChI is InChI=1S/C24H27N5O3S2/c1-6-34(31,32)28-18-9-7-17(8-10-18)26-24(30)20-12-22(19-11-15(4)33-16(19)5)27-23-21(20)13-25-29(23)14(2)3/h7-14,28H,6H2,1-5H3,(H,26,30). The third-order valence-corrected chi connectivity index (χ3v) is 7.69. The van der Waals surface area contributed by atoms with Crippen molar-refractivity contribution in [3.05, 3.63) is 57.9 Å². The number of carbonyl (C=O) groups excluding carboxylic acids is 1. The Morgan fingerprint density at radius 1 is 1.12 bits per heavy atom. The smallest absolute Gasteiger partial charge is 0.256 e. The molecule has 0 saturated carbocycles. The van der Waals surface area contributed by atoms with Gasteiger partial charge in [-0.2, -0.15) is 5.10 Å². The summed E-state index contributed by atoms with van der Waals surface area (Å²) in [6.07, 6.45) is 1.68. The minimum absolute atomic E-state index is 0.0148. The molecular formula is C24H27N5O3S2.